The molecule has 1 aromatic rings. The number of aryl methyl sites for hydroxylation is 1. The zero-order valence-electron chi connectivity index (χ0n) is 11.8. The Morgan fingerprint density at radius 3 is 2.64 bits per heavy atom. The minimum atomic E-state index is -0.625. The summed E-state index contributed by atoms with van der Waals surface area (Å²) in [5.41, 5.74) is 8.37. The molecule has 22 heavy (non-hydrogen) atoms. The van der Waals surface area contributed by atoms with Crippen LogP contribution in [0, 0.1) is 0 Å². The van der Waals surface area contributed by atoms with Crippen LogP contribution in [0.4, 0.5) is 0 Å². The Bertz CT molecular complexity index is 699. The molecule has 0 aliphatic heterocycles. The van der Waals surface area contributed by atoms with Crippen molar-refractivity contribution >= 4 is 52.2 Å². The molecule has 0 saturated carbocycles. The molecule has 0 heterocycles. The summed E-state index contributed by atoms with van der Waals surface area (Å²) < 4.78 is 0. The zero-order valence-corrected chi connectivity index (χ0v) is 14.1. The third kappa shape index (κ3) is 3.85. The predicted octanol–water partition coefficient (Wildman–Crippen LogP) is 3.48. The summed E-state index contributed by atoms with van der Waals surface area (Å²) in [6, 6.07) is 3.67. The van der Waals surface area contributed by atoms with Crippen LogP contribution in [0.2, 0.25) is 10.0 Å². The molecule has 116 valence electrons. The average molecular weight is 357 g/mol. The first kappa shape index (κ1) is 16.9. The second-order valence-electron chi connectivity index (χ2n) is 4.81. The number of allylic oxidation sites excluding steroid dienone is 1. The molecular weight excluding hydrogens is 343 g/mol. The lowest BCUT2D eigenvalue weighted by molar-refractivity contribution is -0.113. The van der Waals surface area contributed by atoms with Gasteiger partial charge >= 0.3 is 0 Å². The van der Waals surface area contributed by atoms with E-state index in [1.807, 2.05) is 19.1 Å². The fraction of sp³-hybridized carbons (Fsp3) is 0.200. The second-order valence-corrected chi connectivity index (χ2v) is 6.67. The van der Waals surface area contributed by atoms with Gasteiger partial charge in [0.05, 0.1) is 15.1 Å². The molecule has 1 aliphatic carbocycles. The Morgan fingerprint density at radius 2 is 2.00 bits per heavy atom. The van der Waals surface area contributed by atoms with Crippen molar-refractivity contribution in [1.29, 1.82) is 0 Å². The zero-order chi connectivity index (χ0) is 16.3. The Hall–Kier alpha value is -1.43. The van der Waals surface area contributed by atoms with Gasteiger partial charge in [-0.1, -0.05) is 40.5 Å². The Balaban J connectivity index is 2.44. The highest BCUT2D eigenvalue weighted by Gasteiger charge is 2.20. The van der Waals surface area contributed by atoms with Crippen molar-refractivity contribution in [2.75, 3.05) is 0 Å². The van der Waals surface area contributed by atoms with E-state index in [1.54, 1.807) is 0 Å². The van der Waals surface area contributed by atoms with Gasteiger partial charge in [-0.15, -0.1) is 0 Å². The third-order valence-electron chi connectivity index (χ3n) is 3.23. The van der Waals surface area contributed by atoms with Crippen molar-refractivity contribution in [2.45, 2.75) is 19.8 Å². The van der Waals surface area contributed by atoms with E-state index < -0.39 is 5.91 Å². The number of halogens is 2. The topological polar surface area (TPSA) is 72.2 Å². The second kappa shape index (κ2) is 7.22. The van der Waals surface area contributed by atoms with Crippen molar-refractivity contribution < 1.29 is 9.59 Å². The normalized spacial score (nSPS) is 14.6. The van der Waals surface area contributed by atoms with Crippen LogP contribution in [0.5, 0.6) is 0 Å². The third-order valence-corrected chi connectivity index (χ3v) is 5.18. The van der Waals surface area contributed by atoms with Crippen molar-refractivity contribution in [1.82, 2.24) is 5.32 Å². The van der Waals surface area contributed by atoms with E-state index in [9.17, 15) is 9.59 Å². The minimum absolute atomic E-state index is 0.371. The summed E-state index contributed by atoms with van der Waals surface area (Å²) in [6.07, 6.45) is 3.44. The molecule has 0 saturated heterocycles. The SMILES string of the molecule is CC1=C(S/C(=C/C(N)=O)NC=O)c2cc(Cl)c(Cl)cc2CC1. The molecule has 3 N–H and O–H groups in total. The van der Waals surface area contributed by atoms with Gasteiger partial charge in [0.2, 0.25) is 12.3 Å². The number of amides is 2. The van der Waals surface area contributed by atoms with E-state index in [-0.39, 0.29) is 0 Å². The largest absolute Gasteiger partial charge is 0.366 e. The Morgan fingerprint density at radius 1 is 1.32 bits per heavy atom. The number of primary amides is 1. The molecule has 0 fully saturated rings. The number of benzene rings is 1. The lowest BCUT2D eigenvalue weighted by Gasteiger charge is -2.22. The highest BCUT2D eigenvalue weighted by molar-refractivity contribution is 8.11. The summed E-state index contributed by atoms with van der Waals surface area (Å²) in [6.45, 7) is 2.01. The van der Waals surface area contributed by atoms with Crippen molar-refractivity contribution in [2.24, 2.45) is 5.73 Å². The van der Waals surface area contributed by atoms with Crippen LogP contribution >= 0.6 is 35.0 Å². The Labute approximate surface area is 142 Å². The molecule has 0 spiro atoms. The lowest BCUT2D eigenvalue weighted by atomic mass is 9.93. The van der Waals surface area contributed by atoms with Crippen molar-refractivity contribution in [3.63, 3.8) is 0 Å². The van der Waals surface area contributed by atoms with E-state index in [0.29, 0.717) is 21.5 Å². The molecule has 0 bridgehead atoms. The van der Waals surface area contributed by atoms with Gasteiger partial charge in [-0.05, 0) is 43.0 Å². The monoisotopic (exact) mass is 356 g/mol. The Kier molecular flexibility index (Phi) is 5.56. The van der Waals surface area contributed by atoms with Gasteiger partial charge in [0, 0.05) is 11.0 Å². The number of thioether (sulfide) groups is 1. The summed E-state index contributed by atoms with van der Waals surface area (Å²) in [4.78, 5) is 22.7. The molecule has 1 aliphatic rings. The maximum absolute atomic E-state index is 11.1. The van der Waals surface area contributed by atoms with E-state index >= 15 is 0 Å². The van der Waals surface area contributed by atoms with Crippen LogP contribution in [0.3, 0.4) is 0 Å². The summed E-state index contributed by atoms with van der Waals surface area (Å²) in [5, 5.41) is 3.85. The number of carbonyl (C=O) groups is 2. The van der Waals surface area contributed by atoms with Gasteiger partial charge in [0.25, 0.3) is 0 Å². The minimum Gasteiger partial charge on any atom is -0.366 e. The molecule has 2 amide bonds. The fourth-order valence-electron chi connectivity index (χ4n) is 2.21. The summed E-state index contributed by atoms with van der Waals surface area (Å²) in [5.74, 6) is -0.625. The van der Waals surface area contributed by atoms with Crippen LogP contribution in [-0.4, -0.2) is 12.3 Å². The number of rotatable bonds is 5. The smallest absolute Gasteiger partial charge is 0.244 e. The molecule has 7 heteroatoms. The predicted molar refractivity (Wildman–Crippen MR) is 91.4 cm³/mol. The van der Waals surface area contributed by atoms with Gasteiger partial charge in [-0.25, -0.2) is 0 Å². The van der Waals surface area contributed by atoms with E-state index in [4.69, 9.17) is 28.9 Å². The summed E-state index contributed by atoms with van der Waals surface area (Å²) in [7, 11) is 0. The number of hydrogen-bond donors (Lipinski definition) is 2. The molecule has 1 aromatic carbocycles. The molecule has 0 aromatic heterocycles. The van der Waals surface area contributed by atoms with Crippen molar-refractivity contribution in [3.05, 3.63) is 50.0 Å². The molecule has 0 atom stereocenters. The maximum Gasteiger partial charge on any atom is 0.244 e. The van der Waals surface area contributed by atoms with E-state index in [2.05, 4.69) is 5.32 Å². The first-order valence-electron chi connectivity index (χ1n) is 6.49. The molecule has 2 rings (SSSR count). The number of hydrogen-bond acceptors (Lipinski definition) is 3. The molecular formula is C15H14Cl2N2O2S. The first-order chi connectivity index (χ1) is 10.4. The molecule has 4 nitrogen and oxygen atoms in total. The van der Waals surface area contributed by atoms with Crippen LogP contribution in [0.1, 0.15) is 24.5 Å². The van der Waals surface area contributed by atoms with Crippen LogP contribution in [0.25, 0.3) is 4.91 Å². The van der Waals surface area contributed by atoms with E-state index in [1.165, 1.54) is 17.8 Å². The summed E-state index contributed by atoms with van der Waals surface area (Å²) >= 11 is 13.5. The lowest BCUT2D eigenvalue weighted by Crippen LogP contribution is -2.14. The standard InChI is InChI=1S/C15H14Cl2N2O2S/c1-8-2-3-9-4-11(16)12(17)5-10(9)15(8)22-14(19-7-20)6-13(18)21/h4-7H,2-3H2,1H3,(H2,18,21)(H,19,20)/b14-6+. The quantitative estimate of drug-likeness (QED) is 0.626. The van der Waals surface area contributed by atoms with Gasteiger partial charge in [0.1, 0.15) is 0 Å². The molecule has 0 unspecified atom stereocenters. The van der Waals surface area contributed by atoms with Crippen molar-refractivity contribution in [3.8, 4) is 0 Å². The number of nitrogens with one attached hydrogen (secondary N) is 1. The number of nitrogens with two attached hydrogens (primary N) is 1. The average Bonchev–Trinajstić information content (AvgIpc) is 2.44. The highest BCUT2D eigenvalue weighted by Crippen LogP contribution is 2.43. The van der Waals surface area contributed by atoms with Gasteiger partial charge in [-0.3, -0.25) is 9.59 Å². The van der Waals surface area contributed by atoms with Crippen LogP contribution < -0.4 is 11.1 Å². The van der Waals surface area contributed by atoms with Crippen LogP contribution in [0.15, 0.2) is 28.8 Å². The molecule has 0 radical (unpaired) electrons. The number of carbonyl (C=O) groups excluding carboxylic acids is 2. The fourth-order valence-corrected chi connectivity index (χ4v) is 3.64. The van der Waals surface area contributed by atoms with Crippen LogP contribution in [-0.2, 0) is 16.0 Å². The first-order valence-corrected chi connectivity index (χ1v) is 8.06. The van der Waals surface area contributed by atoms with Gasteiger partial charge in [0.15, 0.2) is 0 Å². The van der Waals surface area contributed by atoms with Gasteiger partial charge in [-0.2, -0.15) is 0 Å². The maximum atomic E-state index is 11.1. The number of fused-ring (bicyclic) bond motifs is 1. The van der Waals surface area contributed by atoms with E-state index in [0.717, 1.165) is 34.4 Å². The van der Waals surface area contributed by atoms with Gasteiger partial charge < -0.3 is 11.1 Å². The highest BCUT2D eigenvalue weighted by atomic mass is 35.5.